The van der Waals surface area contributed by atoms with Crippen molar-refractivity contribution in [1.82, 2.24) is 15.1 Å². The Balaban J connectivity index is 2.02. The maximum atomic E-state index is 12.5. The van der Waals surface area contributed by atoms with Crippen LogP contribution in [-0.4, -0.2) is 40.6 Å². The molecule has 0 aromatic carbocycles. The number of H-pyrrole nitrogens is 1. The maximum absolute atomic E-state index is 12.5. The van der Waals surface area contributed by atoms with Gasteiger partial charge in [0, 0.05) is 37.4 Å². The molecule has 1 aromatic heterocycles. The molecular formula is C14H24N4O. The Hall–Kier alpha value is -1.36. The number of hydrogen-bond donors (Lipinski definition) is 2. The molecule has 0 spiro atoms. The Morgan fingerprint density at radius 1 is 1.63 bits per heavy atom. The van der Waals surface area contributed by atoms with E-state index in [9.17, 15) is 4.79 Å². The zero-order chi connectivity index (χ0) is 13.8. The summed E-state index contributed by atoms with van der Waals surface area (Å²) in [6.45, 7) is 6.19. The first-order valence-electron chi connectivity index (χ1n) is 7.11. The van der Waals surface area contributed by atoms with Crippen molar-refractivity contribution < 1.29 is 4.79 Å². The van der Waals surface area contributed by atoms with Crippen LogP contribution in [0.5, 0.6) is 0 Å². The number of aromatic nitrogens is 2. The van der Waals surface area contributed by atoms with E-state index < -0.39 is 0 Å². The van der Waals surface area contributed by atoms with E-state index in [-0.39, 0.29) is 11.8 Å². The number of hydrogen-bond acceptors (Lipinski definition) is 3. The van der Waals surface area contributed by atoms with Crippen molar-refractivity contribution in [2.75, 3.05) is 19.6 Å². The van der Waals surface area contributed by atoms with Gasteiger partial charge >= 0.3 is 0 Å². The van der Waals surface area contributed by atoms with Crippen molar-refractivity contribution in [2.24, 2.45) is 17.6 Å². The van der Waals surface area contributed by atoms with E-state index in [0.29, 0.717) is 18.4 Å². The molecule has 1 aliphatic rings. The average molecular weight is 264 g/mol. The first-order chi connectivity index (χ1) is 9.13. The lowest BCUT2D eigenvalue weighted by molar-refractivity contribution is -0.137. The lowest BCUT2D eigenvalue weighted by atomic mass is 9.90. The number of piperidine rings is 1. The van der Waals surface area contributed by atoms with Crippen molar-refractivity contribution in [2.45, 2.75) is 32.6 Å². The summed E-state index contributed by atoms with van der Waals surface area (Å²) in [4.78, 5) is 14.5. The highest BCUT2D eigenvalue weighted by atomic mass is 16.2. The highest BCUT2D eigenvalue weighted by Crippen LogP contribution is 2.27. The molecule has 1 amide bonds. The summed E-state index contributed by atoms with van der Waals surface area (Å²) in [7, 11) is 0. The van der Waals surface area contributed by atoms with Crippen LogP contribution in [0.3, 0.4) is 0 Å². The van der Waals surface area contributed by atoms with E-state index in [1.165, 1.54) is 0 Å². The third-order valence-corrected chi connectivity index (χ3v) is 4.07. The summed E-state index contributed by atoms with van der Waals surface area (Å²) in [5, 5.41) is 7.02. The van der Waals surface area contributed by atoms with Crippen molar-refractivity contribution in [3.8, 4) is 0 Å². The molecule has 5 nitrogen and oxygen atoms in total. The van der Waals surface area contributed by atoms with Crippen LogP contribution in [0.25, 0.3) is 0 Å². The molecule has 0 radical (unpaired) electrons. The number of rotatable bonds is 4. The van der Waals surface area contributed by atoms with Gasteiger partial charge in [-0.3, -0.25) is 9.89 Å². The van der Waals surface area contributed by atoms with E-state index in [1.807, 2.05) is 11.0 Å². The number of amides is 1. The van der Waals surface area contributed by atoms with Crippen LogP contribution in [0.1, 0.15) is 38.3 Å². The fraction of sp³-hybridized carbons (Fsp3) is 0.714. The predicted octanol–water partition coefficient (Wildman–Crippen LogP) is 1.35. The Labute approximate surface area is 114 Å². The van der Waals surface area contributed by atoms with Crippen LogP contribution in [-0.2, 0) is 4.79 Å². The number of nitrogens with zero attached hydrogens (tertiary/aromatic N) is 2. The molecule has 1 aromatic rings. The van der Waals surface area contributed by atoms with Crippen LogP contribution in [0, 0.1) is 11.8 Å². The fourth-order valence-corrected chi connectivity index (χ4v) is 2.82. The third kappa shape index (κ3) is 3.15. The van der Waals surface area contributed by atoms with E-state index in [2.05, 4.69) is 24.0 Å². The number of likely N-dealkylation sites (tertiary alicyclic amines) is 1. The average Bonchev–Trinajstić information content (AvgIpc) is 2.93. The molecule has 0 saturated carbocycles. The maximum Gasteiger partial charge on any atom is 0.227 e. The second-order valence-corrected chi connectivity index (χ2v) is 5.72. The number of carbonyl (C=O) groups is 1. The van der Waals surface area contributed by atoms with Gasteiger partial charge in [-0.2, -0.15) is 5.10 Å². The molecule has 0 aliphatic carbocycles. The molecular weight excluding hydrogens is 240 g/mol. The smallest absolute Gasteiger partial charge is 0.227 e. The molecule has 1 aliphatic heterocycles. The van der Waals surface area contributed by atoms with Gasteiger partial charge in [0.1, 0.15) is 0 Å². The zero-order valence-corrected chi connectivity index (χ0v) is 11.8. The van der Waals surface area contributed by atoms with Crippen LogP contribution in [0.2, 0.25) is 0 Å². The highest BCUT2D eigenvalue weighted by Gasteiger charge is 2.30. The molecule has 106 valence electrons. The standard InChI is InChI=1S/C14H24N4O/c1-10(2)12(8-15)14(19)18-7-3-4-11(9-18)13-5-6-16-17-13/h5-6,10-12H,3-4,7-9,15H2,1-2H3,(H,16,17). The Morgan fingerprint density at radius 3 is 3.00 bits per heavy atom. The lowest BCUT2D eigenvalue weighted by Crippen LogP contribution is -2.45. The second kappa shape index (κ2) is 6.19. The molecule has 2 heterocycles. The fourth-order valence-electron chi connectivity index (χ4n) is 2.82. The minimum absolute atomic E-state index is 0.0551. The Bertz CT molecular complexity index is 402. The number of nitrogens with two attached hydrogens (primary N) is 1. The topological polar surface area (TPSA) is 75.0 Å². The zero-order valence-electron chi connectivity index (χ0n) is 11.8. The summed E-state index contributed by atoms with van der Waals surface area (Å²) in [5.74, 6) is 0.832. The minimum atomic E-state index is -0.0551. The van der Waals surface area contributed by atoms with Gasteiger partial charge in [-0.15, -0.1) is 0 Å². The summed E-state index contributed by atoms with van der Waals surface area (Å²) < 4.78 is 0. The van der Waals surface area contributed by atoms with Gasteiger partial charge in [-0.1, -0.05) is 13.8 Å². The predicted molar refractivity (Wildman–Crippen MR) is 74.5 cm³/mol. The Kier molecular flexibility index (Phi) is 4.58. The summed E-state index contributed by atoms with van der Waals surface area (Å²) in [6, 6.07) is 2.00. The Morgan fingerprint density at radius 2 is 2.42 bits per heavy atom. The minimum Gasteiger partial charge on any atom is -0.342 e. The summed E-state index contributed by atoms with van der Waals surface area (Å²) in [5.41, 5.74) is 6.88. The van der Waals surface area contributed by atoms with Gasteiger partial charge in [0.05, 0.1) is 5.92 Å². The van der Waals surface area contributed by atoms with Crippen LogP contribution < -0.4 is 5.73 Å². The van der Waals surface area contributed by atoms with Crippen molar-refractivity contribution in [3.63, 3.8) is 0 Å². The SMILES string of the molecule is CC(C)C(CN)C(=O)N1CCCC(c2ccn[nH]2)C1. The van der Waals surface area contributed by atoms with E-state index in [0.717, 1.165) is 31.6 Å². The van der Waals surface area contributed by atoms with E-state index in [1.54, 1.807) is 6.20 Å². The number of aromatic amines is 1. The summed E-state index contributed by atoms with van der Waals surface area (Å²) >= 11 is 0. The first kappa shape index (κ1) is 14.1. The van der Waals surface area contributed by atoms with Crippen LogP contribution >= 0.6 is 0 Å². The monoisotopic (exact) mass is 264 g/mol. The van der Waals surface area contributed by atoms with E-state index in [4.69, 9.17) is 5.73 Å². The molecule has 1 fully saturated rings. The van der Waals surface area contributed by atoms with Gasteiger partial charge in [0.25, 0.3) is 0 Å². The summed E-state index contributed by atoms with van der Waals surface area (Å²) in [6.07, 6.45) is 3.93. The molecule has 0 bridgehead atoms. The number of nitrogens with one attached hydrogen (secondary N) is 1. The molecule has 2 unspecified atom stereocenters. The van der Waals surface area contributed by atoms with Gasteiger partial charge < -0.3 is 10.6 Å². The van der Waals surface area contributed by atoms with Crippen molar-refractivity contribution >= 4 is 5.91 Å². The number of carbonyl (C=O) groups excluding carboxylic acids is 1. The molecule has 19 heavy (non-hydrogen) atoms. The highest BCUT2D eigenvalue weighted by molar-refractivity contribution is 5.79. The van der Waals surface area contributed by atoms with Crippen LogP contribution in [0.4, 0.5) is 0 Å². The van der Waals surface area contributed by atoms with Gasteiger partial charge in [0.2, 0.25) is 5.91 Å². The van der Waals surface area contributed by atoms with Gasteiger partial charge in [0.15, 0.2) is 0 Å². The normalized spacial score (nSPS) is 21.7. The van der Waals surface area contributed by atoms with Gasteiger partial charge in [-0.05, 0) is 24.8 Å². The third-order valence-electron chi connectivity index (χ3n) is 4.07. The lowest BCUT2D eigenvalue weighted by Gasteiger charge is -2.35. The van der Waals surface area contributed by atoms with Gasteiger partial charge in [-0.25, -0.2) is 0 Å². The first-order valence-corrected chi connectivity index (χ1v) is 7.11. The molecule has 2 rings (SSSR count). The van der Waals surface area contributed by atoms with Crippen molar-refractivity contribution in [1.29, 1.82) is 0 Å². The molecule has 3 N–H and O–H groups in total. The largest absolute Gasteiger partial charge is 0.342 e. The second-order valence-electron chi connectivity index (χ2n) is 5.72. The molecule has 5 heteroatoms. The van der Waals surface area contributed by atoms with E-state index >= 15 is 0 Å². The molecule has 1 saturated heterocycles. The van der Waals surface area contributed by atoms with Crippen molar-refractivity contribution in [3.05, 3.63) is 18.0 Å². The molecule has 2 atom stereocenters. The van der Waals surface area contributed by atoms with Crippen LogP contribution in [0.15, 0.2) is 12.3 Å². The quantitative estimate of drug-likeness (QED) is 0.862.